The van der Waals surface area contributed by atoms with Gasteiger partial charge in [-0.15, -0.1) is 0 Å². The predicted octanol–water partition coefficient (Wildman–Crippen LogP) is 7.00. The number of rotatable bonds is 4. The zero-order valence-electron chi connectivity index (χ0n) is 25.5. The maximum absolute atomic E-state index is 11.6. The van der Waals surface area contributed by atoms with E-state index in [9.17, 15) is 25.9 Å². The van der Waals surface area contributed by atoms with Crippen LogP contribution in [0.15, 0.2) is 88.1 Å². The van der Waals surface area contributed by atoms with E-state index in [4.69, 9.17) is 17.7 Å². The van der Waals surface area contributed by atoms with E-state index in [-0.39, 0.29) is 32.7 Å². The van der Waals surface area contributed by atoms with E-state index in [0.29, 0.717) is 67.3 Å². The van der Waals surface area contributed by atoms with Crippen molar-refractivity contribution < 1.29 is 43.6 Å². The maximum Gasteiger partial charge on any atom is 0.295 e. The third-order valence-corrected chi connectivity index (χ3v) is 9.09. The number of hydrogen-bond donors (Lipinski definition) is 2. The van der Waals surface area contributed by atoms with Crippen LogP contribution in [0.5, 0.6) is 0 Å². The first-order valence-corrected chi connectivity index (χ1v) is 17.0. The first kappa shape index (κ1) is 31.2. The molecule has 0 spiro atoms. The minimum atomic E-state index is -4.41. The van der Waals surface area contributed by atoms with Crippen molar-refractivity contribution in [3.05, 3.63) is 83.6 Å². The van der Waals surface area contributed by atoms with Crippen molar-refractivity contribution in [2.45, 2.75) is 37.5 Å². The van der Waals surface area contributed by atoms with Crippen molar-refractivity contribution in [1.82, 2.24) is 19.9 Å². The van der Waals surface area contributed by atoms with Gasteiger partial charge in [-0.25, -0.2) is 19.9 Å². The fraction of sp³-hybridized carbons (Fsp3) is 0.125. The van der Waals surface area contributed by atoms with Gasteiger partial charge in [-0.2, -0.15) is 16.8 Å². The van der Waals surface area contributed by atoms with Crippen molar-refractivity contribution in [3.8, 4) is 22.9 Å². The Bertz CT molecular complexity index is 2500. The molecule has 0 radical (unpaired) electrons. The van der Waals surface area contributed by atoms with Gasteiger partial charge in [0.1, 0.15) is 31.9 Å². The van der Waals surface area contributed by atoms with Crippen LogP contribution in [-0.4, -0.2) is 45.9 Å². The van der Waals surface area contributed by atoms with Crippen molar-refractivity contribution in [3.63, 3.8) is 0 Å². The highest BCUT2D eigenvalue weighted by Gasteiger charge is 2.23. The summed E-state index contributed by atoms with van der Waals surface area (Å²) in [5.41, 5.74) is 6.09. The van der Waals surface area contributed by atoms with E-state index < -0.39 is 20.2 Å². The largest absolute Gasteiger partial charge is 0.441 e. The van der Waals surface area contributed by atoms with Crippen LogP contribution in [0.3, 0.4) is 0 Å². The molecule has 0 amide bonds. The summed E-state index contributed by atoms with van der Waals surface area (Å²) in [6, 6.07) is 16.0. The summed E-state index contributed by atoms with van der Waals surface area (Å²) < 4.78 is 87.7. The van der Waals surface area contributed by atoms with E-state index in [1.54, 1.807) is 76.2 Å². The van der Waals surface area contributed by atoms with Gasteiger partial charge in [0, 0.05) is 32.0 Å². The van der Waals surface area contributed by atoms with Crippen molar-refractivity contribution in [2.75, 3.05) is 0 Å². The summed E-state index contributed by atoms with van der Waals surface area (Å²) in [6.45, 7) is 6.94. The summed E-state index contributed by atoms with van der Waals surface area (Å²) in [5, 5.41) is 0. The lowest BCUT2D eigenvalue weighted by Crippen LogP contribution is -2.01. The number of aryl methyl sites for hydroxylation is 4. The quantitative estimate of drug-likeness (QED) is 0.178. The zero-order valence-corrected chi connectivity index (χ0v) is 27.2. The third kappa shape index (κ3) is 5.81. The molecular formula is C32H24N4O10S2. The Kier molecular flexibility index (Phi) is 7.21. The van der Waals surface area contributed by atoms with Crippen LogP contribution in [-0.2, 0) is 20.2 Å². The van der Waals surface area contributed by atoms with Crippen molar-refractivity contribution in [2.24, 2.45) is 0 Å². The van der Waals surface area contributed by atoms with Crippen LogP contribution in [0.2, 0.25) is 0 Å². The molecule has 2 N–H and O–H groups in total. The number of aromatic nitrogens is 4. The van der Waals surface area contributed by atoms with Crippen molar-refractivity contribution >= 4 is 64.6 Å². The van der Waals surface area contributed by atoms with Crippen LogP contribution < -0.4 is 0 Å². The lowest BCUT2D eigenvalue weighted by molar-refractivity contribution is 0.480. The molecule has 4 heterocycles. The van der Waals surface area contributed by atoms with Crippen LogP contribution in [0.1, 0.15) is 22.9 Å². The molecule has 14 nitrogen and oxygen atoms in total. The molecule has 48 heavy (non-hydrogen) atoms. The molecule has 8 aromatic rings. The highest BCUT2D eigenvalue weighted by molar-refractivity contribution is 7.86. The van der Waals surface area contributed by atoms with E-state index >= 15 is 0 Å². The molecule has 8 rings (SSSR count). The minimum Gasteiger partial charge on any atom is -0.441 e. The second kappa shape index (κ2) is 11.1. The Morgan fingerprint density at radius 3 is 1.33 bits per heavy atom. The molecule has 4 aromatic heterocycles. The number of hydrogen-bond acceptors (Lipinski definition) is 12. The summed E-state index contributed by atoms with van der Waals surface area (Å²) in [7, 11) is -8.81. The Hall–Kier alpha value is -5.42. The SMILES string of the molecule is Cc1ccc(-c2nc3cc4nc(C)oc4cc3o2)c(S(=O)(=O)O)c1.Cc1ccc(-c2nc3cc4oc(C)nc4cc3o2)c(S(=O)(=O)O)c1. The summed E-state index contributed by atoms with van der Waals surface area (Å²) in [6.07, 6.45) is 0. The number of fused-ring (bicyclic) bond motifs is 4. The standard InChI is InChI=1S/2C16H12N2O5S/c1-8-3-4-10(15(5-8)24(19,20)21)16-18-12-7-13-11(6-14(12)23-16)17-9(2)22-13;1-8-3-4-10(15(5-8)24(19,20)21)16-18-12-6-11-13(7-14(12)23-16)22-9(2)17-11/h2*3-7H,1-2H3,(H,19,20,21). The number of oxazole rings is 4. The predicted molar refractivity (Wildman–Crippen MR) is 173 cm³/mol. The molecule has 16 heteroatoms. The van der Waals surface area contributed by atoms with Gasteiger partial charge in [-0.05, 0) is 55.3 Å². The monoisotopic (exact) mass is 688 g/mol. The number of nitrogens with zero attached hydrogens (tertiary/aromatic N) is 4. The second-order valence-corrected chi connectivity index (χ2v) is 13.8. The van der Waals surface area contributed by atoms with E-state index in [1.807, 2.05) is 0 Å². The molecule has 0 saturated carbocycles. The lowest BCUT2D eigenvalue weighted by atomic mass is 10.1. The molecule has 0 atom stereocenters. The first-order valence-electron chi connectivity index (χ1n) is 14.1. The molecule has 0 saturated heterocycles. The summed E-state index contributed by atoms with van der Waals surface area (Å²) >= 11 is 0. The average molecular weight is 689 g/mol. The second-order valence-electron chi connectivity index (χ2n) is 11.0. The van der Waals surface area contributed by atoms with Gasteiger partial charge in [0.2, 0.25) is 11.8 Å². The minimum absolute atomic E-state index is 0.0991. The van der Waals surface area contributed by atoms with Crippen LogP contribution >= 0.6 is 0 Å². The highest BCUT2D eigenvalue weighted by Crippen LogP contribution is 2.34. The molecular weight excluding hydrogens is 665 g/mol. The third-order valence-electron chi connectivity index (χ3n) is 7.30. The average Bonchev–Trinajstić information content (AvgIpc) is 3.77. The molecule has 244 valence electrons. The highest BCUT2D eigenvalue weighted by atomic mass is 32.2. The first-order chi connectivity index (χ1) is 22.6. The molecule has 0 fully saturated rings. The van der Waals surface area contributed by atoms with Gasteiger partial charge in [0.25, 0.3) is 20.2 Å². The van der Waals surface area contributed by atoms with Gasteiger partial charge >= 0.3 is 0 Å². The van der Waals surface area contributed by atoms with Gasteiger partial charge in [0.15, 0.2) is 34.1 Å². The van der Waals surface area contributed by atoms with Gasteiger partial charge in [0.05, 0.1) is 11.1 Å². The Labute approximate surface area is 271 Å². The summed E-state index contributed by atoms with van der Waals surface area (Å²) in [5.74, 6) is 1.26. The van der Waals surface area contributed by atoms with E-state index in [2.05, 4.69) is 19.9 Å². The topological polar surface area (TPSA) is 213 Å². The molecule has 0 aliphatic heterocycles. The summed E-state index contributed by atoms with van der Waals surface area (Å²) in [4.78, 5) is 16.6. The van der Waals surface area contributed by atoms with Gasteiger partial charge < -0.3 is 17.7 Å². The van der Waals surface area contributed by atoms with Gasteiger partial charge in [-0.3, -0.25) is 9.11 Å². The fourth-order valence-corrected chi connectivity index (χ4v) is 6.74. The van der Waals surface area contributed by atoms with E-state index in [1.165, 1.54) is 12.1 Å². The van der Waals surface area contributed by atoms with Crippen LogP contribution in [0.4, 0.5) is 0 Å². The molecule has 0 bridgehead atoms. The Balaban J connectivity index is 0.000000152. The van der Waals surface area contributed by atoms with Gasteiger partial charge in [-0.1, -0.05) is 12.1 Å². The molecule has 4 aromatic carbocycles. The molecule has 0 aliphatic rings. The smallest absolute Gasteiger partial charge is 0.295 e. The normalized spacial score (nSPS) is 12.3. The lowest BCUT2D eigenvalue weighted by Gasteiger charge is -2.04. The van der Waals surface area contributed by atoms with Crippen LogP contribution in [0, 0.1) is 27.7 Å². The Morgan fingerprint density at radius 2 is 0.854 bits per heavy atom. The van der Waals surface area contributed by atoms with E-state index in [0.717, 1.165) is 0 Å². The number of benzene rings is 4. The molecule has 0 unspecified atom stereocenters. The van der Waals surface area contributed by atoms with Crippen molar-refractivity contribution in [1.29, 1.82) is 0 Å². The zero-order chi connectivity index (χ0) is 34.1. The van der Waals surface area contributed by atoms with Crippen LogP contribution in [0.25, 0.3) is 67.3 Å². The molecule has 0 aliphatic carbocycles. The fourth-order valence-electron chi connectivity index (χ4n) is 5.20. The maximum atomic E-state index is 11.6. The Morgan fingerprint density at radius 1 is 0.479 bits per heavy atom.